The van der Waals surface area contributed by atoms with Crippen molar-refractivity contribution < 1.29 is 33.0 Å². The Hall–Kier alpha value is -4.97. The van der Waals surface area contributed by atoms with Gasteiger partial charge in [0, 0.05) is 53.0 Å². The summed E-state index contributed by atoms with van der Waals surface area (Å²) in [5, 5.41) is 2.18. The number of benzene rings is 4. The minimum absolute atomic E-state index is 0. The van der Waals surface area contributed by atoms with Crippen LogP contribution in [0.2, 0.25) is 0 Å². The number of fused-ring (bicyclic) bond motifs is 4. The van der Waals surface area contributed by atoms with Crippen molar-refractivity contribution in [1.29, 1.82) is 0 Å². The quantitative estimate of drug-likeness (QED) is 0.162. The van der Waals surface area contributed by atoms with Crippen molar-refractivity contribution in [3.63, 3.8) is 0 Å². The molecule has 0 atom stereocenters. The average Bonchev–Trinajstić information content (AvgIpc) is 3.74. The van der Waals surface area contributed by atoms with Gasteiger partial charge in [-0.2, -0.15) is 0 Å². The molecule has 53 heavy (non-hydrogen) atoms. The molecule has 271 valence electrons. The van der Waals surface area contributed by atoms with E-state index in [2.05, 4.69) is 107 Å². The minimum atomic E-state index is -2.32. The molecule has 0 aliphatic rings. The summed E-state index contributed by atoms with van der Waals surface area (Å²) in [7, 11) is 0. The molecule has 5 nitrogen and oxygen atoms in total. The smallest absolute Gasteiger partial charge is 0.120 e. The van der Waals surface area contributed by atoms with Gasteiger partial charge in [-0.3, -0.25) is 14.4 Å². The van der Waals surface area contributed by atoms with Gasteiger partial charge in [-0.25, -0.2) is 0 Å². The van der Waals surface area contributed by atoms with Crippen LogP contribution >= 0.6 is 0 Å². The van der Waals surface area contributed by atoms with E-state index in [1.807, 2.05) is 31.2 Å². The van der Waals surface area contributed by atoms with E-state index in [1.54, 1.807) is 12.3 Å². The fourth-order valence-corrected chi connectivity index (χ4v) is 6.87. The van der Waals surface area contributed by atoms with E-state index in [9.17, 15) is 4.39 Å². The fourth-order valence-electron chi connectivity index (χ4n) is 6.87. The van der Waals surface area contributed by atoms with Crippen LogP contribution in [0.5, 0.6) is 0 Å². The molecule has 7 heteroatoms. The third kappa shape index (κ3) is 6.96. The molecule has 0 N–H and O–H groups in total. The number of aryl methyl sites for hydroxylation is 5. The Kier molecular flexibility index (Phi) is 9.69. The molecule has 0 aliphatic heterocycles. The van der Waals surface area contributed by atoms with Crippen molar-refractivity contribution in [3.05, 3.63) is 142 Å². The second kappa shape index (κ2) is 15.2. The van der Waals surface area contributed by atoms with Gasteiger partial charge in [0.05, 0.1) is 28.1 Å². The van der Waals surface area contributed by atoms with E-state index in [1.165, 1.54) is 22.9 Å². The fraction of sp³-hybridized carbons (Fsp3) is 0.239. The number of aromatic nitrogens is 4. The summed E-state index contributed by atoms with van der Waals surface area (Å²) in [5.74, 6) is 0.891. The largest absolute Gasteiger partial charge is 0.501 e. The third-order valence-corrected chi connectivity index (χ3v) is 9.64. The van der Waals surface area contributed by atoms with E-state index in [4.69, 9.17) is 18.5 Å². The maximum Gasteiger partial charge on any atom is 0.120 e. The SMILES string of the molecule is Cc1nc(C)c2c(nc(-c3[c-]ccc4c3oc3ccccc34)n2-c2c(C(C)C)cccc2C(C)C)c1C.[2H]C([2H])([2H])c1c[c-]c(-c2ccc(C)cn2)c(F)c1.[Ir]. The Morgan fingerprint density at radius 3 is 2.19 bits per heavy atom. The first kappa shape index (κ1) is 33.8. The second-order valence-electron chi connectivity index (χ2n) is 14.0. The molecule has 8 aromatic rings. The molecule has 0 saturated heterocycles. The molecule has 0 fully saturated rings. The van der Waals surface area contributed by atoms with Crippen LogP contribution in [0.1, 0.15) is 82.8 Å². The number of imidazole rings is 1. The summed E-state index contributed by atoms with van der Waals surface area (Å²) in [6.07, 6.45) is 1.63. The van der Waals surface area contributed by atoms with Gasteiger partial charge in [-0.1, -0.05) is 99.6 Å². The number of rotatable bonds is 5. The molecule has 0 spiro atoms. The van der Waals surface area contributed by atoms with Crippen LogP contribution in [0.4, 0.5) is 4.39 Å². The van der Waals surface area contributed by atoms with Crippen molar-refractivity contribution in [3.8, 4) is 28.3 Å². The second-order valence-corrected chi connectivity index (χ2v) is 14.0. The minimum Gasteiger partial charge on any atom is -0.501 e. The van der Waals surface area contributed by atoms with E-state index < -0.39 is 12.7 Å². The number of hydrogen-bond donors (Lipinski definition) is 0. The van der Waals surface area contributed by atoms with Crippen LogP contribution in [-0.2, 0) is 20.1 Å². The predicted molar refractivity (Wildman–Crippen MR) is 211 cm³/mol. The Bertz CT molecular complexity index is 2690. The van der Waals surface area contributed by atoms with E-state index >= 15 is 0 Å². The zero-order valence-electron chi connectivity index (χ0n) is 34.1. The molecular formula is C46H43FIrN4O-2. The van der Waals surface area contributed by atoms with Gasteiger partial charge in [0.1, 0.15) is 5.58 Å². The first-order valence-corrected chi connectivity index (χ1v) is 17.6. The Morgan fingerprint density at radius 1 is 0.792 bits per heavy atom. The van der Waals surface area contributed by atoms with Crippen LogP contribution in [0, 0.1) is 52.5 Å². The summed E-state index contributed by atoms with van der Waals surface area (Å²) in [6.45, 7) is 14.9. The van der Waals surface area contributed by atoms with Gasteiger partial charge in [0.15, 0.2) is 0 Å². The van der Waals surface area contributed by atoms with Gasteiger partial charge >= 0.3 is 0 Å². The van der Waals surface area contributed by atoms with Gasteiger partial charge in [-0.05, 0) is 73.5 Å². The number of para-hydroxylation sites is 2. The zero-order chi connectivity index (χ0) is 39.3. The molecule has 4 heterocycles. The van der Waals surface area contributed by atoms with Crippen molar-refractivity contribution in [1.82, 2.24) is 19.5 Å². The van der Waals surface area contributed by atoms with Crippen molar-refractivity contribution >= 4 is 33.0 Å². The van der Waals surface area contributed by atoms with Crippen molar-refractivity contribution in [2.75, 3.05) is 0 Å². The van der Waals surface area contributed by atoms with Crippen LogP contribution in [0.3, 0.4) is 0 Å². The van der Waals surface area contributed by atoms with E-state index in [0.29, 0.717) is 17.5 Å². The Morgan fingerprint density at radius 2 is 1.53 bits per heavy atom. The molecule has 0 amide bonds. The van der Waals surface area contributed by atoms with Gasteiger partial charge in [0.2, 0.25) is 0 Å². The van der Waals surface area contributed by atoms with Gasteiger partial charge in [-0.15, -0.1) is 42.0 Å². The summed E-state index contributed by atoms with van der Waals surface area (Å²) in [6, 6.07) is 30.9. The Labute approximate surface area is 328 Å². The summed E-state index contributed by atoms with van der Waals surface area (Å²) in [5.41, 5.74) is 13.0. The number of pyridine rings is 2. The summed E-state index contributed by atoms with van der Waals surface area (Å²) < 4.78 is 44.3. The van der Waals surface area contributed by atoms with E-state index in [-0.39, 0.29) is 31.2 Å². The number of furan rings is 1. The van der Waals surface area contributed by atoms with Gasteiger partial charge in [0.25, 0.3) is 0 Å². The van der Waals surface area contributed by atoms with Crippen LogP contribution in [0.25, 0.3) is 61.3 Å². The monoisotopic (exact) mass is 882 g/mol. The molecule has 0 saturated carbocycles. The molecule has 0 aliphatic carbocycles. The average molecular weight is 882 g/mol. The van der Waals surface area contributed by atoms with E-state index in [0.717, 1.165) is 72.9 Å². The molecule has 8 rings (SSSR count). The van der Waals surface area contributed by atoms with Crippen molar-refractivity contribution in [2.45, 2.75) is 74.1 Å². The normalized spacial score (nSPS) is 12.5. The number of hydrogen-bond acceptors (Lipinski definition) is 4. The number of halogens is 1. The van der Waals surface area contributed by atoms with Crippen LogP contribution in [0.15, 0.2) is 89.5 Å². The topological polar surface area (TPSA) is 56.7 Å². The molecule has 0 unspecified atom stereocenters. The number of nitrogens with zero attached hydrogens (tertiary/aromatic N) is 4. The van der Waals surface area contributed by atoms with Crippen LogP contribution < -0.4 is 0 Å². The van der Waals surface area contributed by atoms with Crippen LogP contribution in [-0.4, -0.2) is 19.5 Å². The standard InChI is InChI=1S/C33H32N3O.C13H11FN.Ir/c1-18(2)23-13-10-14-24(19(3)4)31(23)36-30-22(7)34-21(6)20(5)29(30)35-33(36)27-16-11-15-26-25-12-8-9-17-28(25)37-32(26)27;1-9-3-5-11(12(14)7-9)13-6-4-10(2)8-15-13;/h8-15,17-19H,1-7H3;3-4,6-8H,1-2H3;/q2*-1;/i;1D3;. The summed E-state index contributed by atoms with van der Waals surface area (Å²) >= 11 is 0. The maximum atomic E-state index is 13.8. The van der Waals surface area contributed by atoms with Crippen molar-refractivity contribution in [2.24, 2.45) is 0 Å². The summed E-state index contributed by atoms with van der Waals surface area (Å²) in [4.78, 5) is 14.4. The Balaban J connectivity index is 0.000000236. The molecule has 4 aromatic heterocycles. The molecule has 4 aromatic carbocycles. The van der Waals surface area contributed by atoms with Gasteiger partial charge < -0.3 is 14.0 Å². The molecule has 0 bridgehead atoms. The maximum absolute atomic E-state index is 13.8. The molecule has 1 radical (unpaired) electrons. The third-order valence-electron chi connectivity index (χ3n) is 9.64. The molecular weight excluding hydrogens is 836 g/mol. The first-order chi connectivity index (χ1) is 26.1. The predicted octanol–water partition coefficient (Wildman–Crippen LogP) is 12.3. The first-order valence-electron chi connectivity index (χ1n) is 19.1. The zero-order valence-corrected chi connectivity index (χ0v) is 33.5.